The normalized spacial score (nSPS) is 28.5. The standard InChI is InChI=1S/C3H6O2.W/c1-4-3-2-5-3;/h3H,2H2,1H3;. The van der Waals surface area contributed by atoms with Gasteiger partial charge in [0.15, 0.2) is 6.29 Å². The Morgan fingerprint density at radius 3 is 2.33 bits per heavy atom. The third kappa shape index (κ3) is 1.91. The zero-order chi connectivity index (χ0) is 3.70. The number of epoxide rings is 1. The Labute approximate surface area is 51.1 Å². The minimum Gasteiger partial charge on any atom is -0.354 e. The van der Waals surface area contributed by atoms with E-state index in [1.54, 1.807) is 7.11 Å². The van der Waals surface area contributed by atoms with Gasteiger partial charge in [0.05, 0.1) is 0 Å². The van der Waals surface area contributed by atoms with Gasteiger partial charge >= 0.3 is 0 Å². The van der Waals surface area contributed by atoms with E-state index in [2.05, 4.69) is 9.47 Å². The van der Waals surface area contributed by atoms with Gasteiger partial charge < -0.3 is 9.47 Å². The van der Waals surface area contributed by atoms with Crippen LogP contribution in [0.1, 0.15) is 0 Å². The molecule has 0 aromatic rings. The van der Waals surface area contributed by atoms with E-state index >= 15 is 0 Å². The smallest absolute Gasteiger partial charge is 0.180 e. The van der Waals surface area contributed by atoms with Crippen molar-refractivity contribution < 1.29 is 30.5 Å². The molecule has 0 N–H and O–H groups in total. The SMILES string of the molecule is COC1CO1.[W]. The van der Waals surface area contributed by atoms with Gasteiger partial charge in [-0.15, -0.1) is 0 Å². The van der Waals surface area contributed by atoms with Crippen molar-refractivity contribution in [1.82, 2.24) is 0 Å². The molecule has 6 heavy (non-hydrogen) atoms. The van der Waals surface area contributed by atoms with Crippen molar-refractivity contribution in [2.24, 2.45) is 0 Å². The van der Waals surface area contributed by atoms with Crippen LogP contribution < -0.4 is 0 Å². The molecule has 0 radical (unpaired) electrons. The summed E-state index contributed by atoms with van der Waals surface area (Å²) in [6.45, 7) is 0.788. The fourth-order valence-electron chi connectivity index (χ4n) is 0.175. The molecule has 1 atom stereocenters. The first-order valence-electron chi connectivity index (χ1n) is 1.58. The molecule has 1 fully saturated rings. The van der Waals surface area contributed by atoms with Crippen LogP contribution in [0.4, 0.5) is 0 Å². The van der Waals surface area contributed by atoms with Crippen LogP contribution in [0.25, 0.3) is 0 Å². The second-order valence-corrected chi connectivity index (χ2v) is 0.999. The predicted octanol–water partition coefficient (Wildman–Crippen LogP) is -0.0134. The fourth-order valence-corrected chi connectivity index (χ4v) is 0.175. The zero-order valence-electron chi connectivity index (χ0n) is 3.51. The quantitative estimate of drug-likeness (QED) is 0.617. The Morgan fingerprint density at radius 2 is 2.33 bits per heavy atom. The molecule has 1 aliphatic heterocycles. The summed E-state index contributed by atoms with van der Waals surface area (Å²) in [4.78, 5) is 0. The van der Waals surface area contributed by atoms with E-state index in [1.807, 2.05) is 0 Å². The van der Waals surface area contributed by atoms with Gasteiger partial charge in [0.25, 0.3) is 0 Å². The Kier molecular flexibility index (Phi) is 3.00. The van der Waals surface area contributed by atoms with E-state index in [4.69, 9.17) is 0 Å². The first-order chi connectivity index (χ1) is 2.43. The Hall–Kier alpha value is 0.608. The summed E-state index contributed by atoms with van der Waals surface area (Å²) < 4.78 is 9.27. The van der Waals surface area contributed by atoms with Crippen LogP contribution in [-0.2, 0) is 30.5 Å². The number of methoxy groups -OCH3 is 1. The molecule has 1 aliphatic rings. The summed E-state index contributed by atoms with van der Waals surface area (Å²) >= 11 is 0. The van der Waals surface area contributed by atoms with E-state index in [0.717, 1.165) is 6.61 Å². The van der Waals surface area contributed by atoms with E-state index < -0.39 is 0 Å². The van der Waals surface area contributed by atoms with E-state index in [0.29, 0.717) is 0 Å². The number of hydrogen-bond donors (Lipinski definition) is 0. The molecule has 0 saturated carbocycles. The van der Waals surface area contributed by atoms with Crippen molar-refractivity contribution in [3.63, 3.8) is 0 Å². The summed E-state index contributed by atoms with van der Waals surface area (Å²) in [6.07, 6.45) is 0.134. The Bertz CT molecular complexity index is 35.8. The van der Waals surface area contributed by atoms with Crippen LogP contribution in [0.2, 0.25) is 0 Å². The van der Waals surface area contributed by atoms with E-state index in [-0.39, 0.29) is 27.4 Å². The van der Waals surface area contributed by atoms with Crippen molar-refractivity contribution in [3.8, 4) is 0 Å². The second-order valence-electron chi connectivity index (χ2n) is 0.999. The van der Waals surface area contributed by atoms with Crippen LogP contribution in [0.15, 0.2) is 0 Å². The molecule has 1 heterocycles. The van der Waals surface area contributed by atoms with Crippen molar-refractivity contribution >= 4 is 0 Å². The van der Waals surface area contributed by atoms with Gasteiger partial charge in [-0.05, 0) is 0 Å². The summed E-state index contributed by atoms with van der Waals surface area (Å²) in [5.41, 5.74) is 0. The third-order valence-electron chi connectivity index (χ3n) is 0.566. The third-order valence-corrected chi connectivity index (χ3v) is 0.566. The Morgan fingerprint density at radius 1 is 1.83 bits per heavy atom. The molecule has 36 valence electrons. The van der Waals surface area contributed by atoms with Crippen molar-refractivity contribution in [1.29, 1.82) is 0 Å². The molecule has 2 nitrogen and oxygen atoms in total. The number of hydrogen-bond acceptors (Lipinski definition) is 2. The molecule has 3 heteroatoms. The first-order valence-corrected chi connectivity index (χ1v) is 1.58. The maximum atomic E-state index is 4.64. The zero-order valence-corrected chi connectivity index (χ0v) is 6.44. The second kappa shape index (κ2) is 2.73. The summed E-state index contributed by atoms with van der Waals surface area (Å²) in [7, 11) is 1.64. The predicted molar refractivity (Wildman–Crippen MR) is 16.7 cm³/mol. The van der Waals surface area contributed by atoms with Crippen molar-refractivity contribution in [2.75, 3.05) is 13.7 Å². The molecule has 1 unspecified atom stereocenters. The maximum Gasteiger partial charge on any atom is 0.180 e. The van der Waals surface area contributed by atoms with Gasteiger partial charge in [-0.1, -0.05) is 0 Å². The van der Waals surface area contributed by atoms with E-state index in [1.165, 1.54) is 0 Å². The molecular weight excluding hydrogens is 252 g/mol. The minimum absolute atomic E-state index is 0. The first kappa shape index (κ1) is 6.61. The summed E-state index contributed by atoms with van der Waals surface area (Å²) in [5.74, 6) is 0. The Balaban J connectivity index is 0.000000250. The van der Waals surface area contributed by atoms with Crippen LogP contribution in [0.5, 0.6) is 0 Å². The van der Waals surface area contributed by atoms with Gasteiger partial charge in [-0.2, -0.15) is 0 Å². The minimum atomic E-state index is 0. The summed E-state index contributed by atoms with van der Waals surface area (Å²) in [5, 5.41) is 0. The van der Waals surface area contributed by atoms with Crippen LogP contribution >= 0.6 is 0 Å². The average molecular weight is 258 g/mol. The molecule has 0 bridgehead atoms. The largest absolute Gasteiger partial charge is 0.354 e. The molecule has 0 aromatic carbocycles. The molecule has 0 aromatic heterocycles. The molecule has 0 aliphatic carbocycles. The van der Waals surface area contributed by atoms with Gasteiger partial charge in [0.2, 0.25) is 0 Å². The van der Waals surface area contributed by atoms with Crippen LogP contribution in [0, 0.1) is 0 Å². The van der Waals surface area contributed by atoms with Gasteiger partial charge in [-0.25, -0.2) is 0 Å². The van der Waals surface area contributed by atoms with Crippen LogP contribution in [0.3, 0.4) is 0 Å². The number of ether oxygens (including phenoxy) is 2. The fraction of sp³-hybridized carbons (Fsp3) is 1.00. The van der Waals surface area contributed by atoms with Gasteiger partial charge in [0.1, 0.15) is 6.61 Å². The maximum absolute atomic E-state index is 4.64. The monoisotopic (exact) mass is 258 g/mol. The number of rotatable bonds is 1. The average Bonchev–Trinajstić information content (AvgIpc) is 2.12. The molecule has 0 amide bonds. The molecule has 0 spiro atoms. The molecule has 1 rings (SSSR count). The summed E-state index contributed by atoms with van der Waals surface area (Å²) in [6, 6.07) is 0. The van der Waals surface area contributed by atoms with Gasteiger partial charge in [-0.3, -0.25) is 0 Å². The van der Waals surface area contributed by atoms with Crippen LogP contribution in [-0.4, -0.2) is 20.0 Å². The van der Waals surface area contributed by atoms with Crippen molar-refractivity contribution in [2.45, 2.75) is 6.29 Å². The topological polar surface area (TPSA) is 21.8 Å². The molecular formula is C3H6O2W. The van der Waals surface area contributed by atoms with Crippen molar-refractivity contribution in [3.05, 3.63) is 0 Å². The van der Waals surface area contributed by atoms with Gasteiger partial charge in [0, 0.05) is 28.2 Å². The van der Waals surface area contributed by atoms with E-state index in [9.17, 15) is 0 Å². The molecule has 1 saturated heterocycles.